The summed E-state index contributed by atoms with van der Waals surface area (Å²) < 4.78 is 0. The first kappa shape index (κ1) is 23.5. The predicted octanol–water partition coefficient (Wildman–Crippen LogP) is 1.69. The minimum absolute atomic E-state index is 0.0632. The van der Waals surface area contributed by atoms with Gasteiger partial charge in [0.15, 0.2) is 5.96 Å². The number of nitrogens with zero attached hydrogens (tertiary/aromatic N) is 1. The zero-order chi connectivity index (χ0) is 21.9. The maximum Gasteiger partial charge on any atom is 0.305 e. The van der Waals surface area contributed by atoms with Crippen molar-refractivity contribution in [1.29, 1.82) is 5.41 Å². The lowest BCUT2D eigenvalue weighted by Crippen LogP contribution is -2.35. The monoisotopic (exact) mass is 454 g/mol. The summed E-state index contributed by atoms with van der Waals surface area (Å²) >= 11 is 12.0. The third-order valence-corrected chi connectivity index (χ3v) is 4.55. The minimum atomic E-state index is -1.09. The van der Waals surface area contributed by atoms with Crippen molar-refractivity contribution in [3.05, 3.63) is 45.6 Å². The summed E-state index contributed by atoms with van der Waals surface area (Å²) in [5.41, 5.74) is 0.531. The molecule has 0 saturated heterocycles. The number of carbonyl (C=O) groups excluding carboxylic acids is 1. The van der Waals surface area contributed by atoms with Crippen LogP contribution < -0.4 is 21.3 Å². The van der Waals surface area contributed by atoms with Crippen LogP contribution >= 0.6 is 23.2 Å². The Kier molecular flexibility index (Phi) is 9.43. The fraction of sp³-hybridized carbons (Fsp3) is 0.368. The van der Waals surface area contributed by atoms with Gasteiger partial charge in [-0.1, -0.05) is 23.2 Å². The normalized spacial score (nSPS) is 14.3. The highest BCUT2D eigenvalue weighted by Crippen LogP contribution is 2.25. The first-order valence-corrected chi connectivity index (χ1v) is 10.1. The Hall–Kier alpha value is -2.78. The number of rotatable bonds is 11. The molecule has 1 aliphatic heterocycles. The van der Waals surface area contributed by atoms with E-state index in [1.165, 1.54) is 12.3 Å². The fourth-order valence-corrected chi connectivity index (χ4v) is 3.26. The molecule has 1 atom stereocenters. The maximum atomic E-state index is 12.5. The first-order chi connectivity index (χ1) is 14.4. The Bertz CT molecular complexity index is 823. The molecular weight excluding hydrogens is 431 g/mol. The lowest BCUT2D eigenvalue weighted by molar-refractivity contribution is -0.137. The van der Waals surface area contributed by atoms with Crippen LogP contribution in [0.2, 0.25) is 10.0 Å². The van der Waals surface area contributed by atoms with Crippen LogP contribution in [0.3, 0.4) is 0 Å². The number of benzene rings is 1. The molecule has 11 heteroatoms. The smallest absolute Gasteiger partial charge is 0.305 e. The maximum absolute atomic E-state index is 12.5. The van der Waals surface area contributed by atoms with E-state index in [1.807, 2.05) is 0 Å². The van der Waals surface area contributed by atoms with E-state index in [0.29, 0.717) is 28.7 Å². The summed E-state index contributed by atoms with van der Waals surface area (Å²) in [6, 6.07) is 3.76. The summed E-state index contributed by atoms with van der Waals surface area (Å²) in [6.07, 6.45) is 2.74. The van der Waals surface area contributed by atoms with Crippen LogP contribution in [-0.2, 0) is 9.59 Å². The zero-order valence-corrected chi connectivity index (χ0v) is 17.7. The van der Waals surface area contributed by atoms with Crippen molar-refractivity contribution in [2.45, 2.75) is 18.9 Å². The molecule has 1 aromatic carbocycles. The average Bonchev–Trinajstić information content (AvgIpc) is 3.19. The molecule has 0 aliphatic carbocycles. The second kappa shape index (κ2) is 12.0. The van der Waals surface area contributed by atoms with Crippen molar-refractivity contribution in [3.63, 3.8) is 0 Å². The third-order valence-electron chi connectivity index (χ3n) is 4.11. The van der Waals surface area contributed by atoms with E-state index < -0.39 is 17.9 Å². The predicted molar refractivity (Wildman–Crippen MR) is 117 cm³/mol. The van der Waals surface area contributed by atoms with Gasteiger partial charge >= 0.3 is 5.97 Å². The molecular formula is C19H24Cl2N6O3. The minimum Gasteiger partial charge on any atom is -0.481 e. The van der Waals surface area contributed by atoms with Gasteiger partial charge in [-0.05, 0) is 30.2 Å². The first-order valence-electron chi connectivity index (χ1n) is 9.34. The van der Waals surface area contributed by atoms with Gasteiger partial charge in [0.25, 0.3) is 5.91 Å². The quantitative estimate of drug-likeness (QED) is 0.171. The summed E-state index contributed by atoms with van der Waals surface area (Å²) in [5, 5.41) is 29.2. The van der Waals surface area contributed by atoms with Gasteiger partial charge in [0.05, 0.1) is 24.6 Å². The summed E-state index contributed by atoms with van der Waals surface area (Å²) in [4.78, 5) is 28.0. The van der Waals surface area contributed by atoms with Crippen LogP contribution in [0.4, 0.5) is 0 Å². The fourth-order valence-electron chi connectivity index (χ4n) is 2.71. The van der Waals surface area contributed by atoms with E-state index >= 15 is 0 Å². The average molecular weight is 455 g/mol. The van der Waals surface area contributed by atoms with Crippen LogP contribution in [0.15, 0.2) is 35.0 Å². The lowest BCUT2D eigenvalue weighted by atomic mass is 10.0. The van der Waals surface area contributed by atoms with Gasteiger partial charge in [0, 0.05) is 42.1 Å². The number of hydrogen-bond donors (Lipinski definition) is 6. The second-order valence-corrected chi connectivity index (χ2v) is 7.34. The number of nitrogens with one attached hydrogen (secondary N) is 5. The largest absolute Gasteiger partial charge is 0.481 e. The summed E-state index contributed by atoms with van der Waals surface area (Å²) in [5.74, 6) is -0.887. The van der Waals surface area contributed by atoms with E-state index in [4.69, 9.17) is 28.6 Å². The van der Waals surface area contributed by atoms with Crippen molar-refractivity contribution < 1.29 is 14.7 Å². The topological polar surface area (TPSA) is 139 Å². The second-order valence-electron chi connectivity index (χ2n) is 6.46. The van der Waals surface area contributed by atoms with E-state index in [1.54, 1.807) is 12.1 Å². The number of hydrogen-bond acceptors (Lipinski definition) is 7. The Morgan fingerprint density at radius 1 is 1.27 bits per heavy atom. The number of carbonyl (C=O) groups is 2. The Balaban J connectivity index is 1.91. The molecule has 0 radical (unpaired) electrons. The third kappa shape index (κ3) is 7.92. The molecule has 1 aliphatic rings. The molecule has 1 aromatic rings. The van der Waals surface area contributed by atoms with Crippen molar-refractivity contribution in [1.82, 2.24) is 21.3 Å². The van der Waals surface area contributed by atoms with E-state index in [0.717, 1.165) is 31.7 Å². The number of aliphatic imine (C=N–C) groups is 1. The van der Waals surface area contributed by atoms with Crippen molar-refractivity contribution in [2.24, 2.45) is 4.99 Å². The highest BCUT2D eigenvalue weighted by Gasteiger charge is 2.20. The molecule has 0 aromatic heterocycles. The van der Waals surface area contributed by atoms with Crippen LogP contribution in [-0.4, -0.2) is 55.3 Å². The van der Waals surface area contributed by atoms with Gasteiger partial charge in [0.1, 0.15) is 0 Å². The number of guanidine groups is 1. The highest BCUT2D eigenvalue weighted by atomic mass is 35.5. The van der Waals surface area contributed by atoms with E-state index in [-0.39, 0.29) is 12.0 Å². The highest BCUT2D eigenvalue weighted by molar-refractivity contribution is 6.34. The lowest BCUT2D eigenvalue weighted by Gasteiger charge is -2.18. The number of carboxylic acid groups (broad SMARTS) is 1. The summed E-state index contributed by atoms with van der Waals surface area (Å²) in [6.45, 7) is 2.89. The zero-order valence-electron chi connectivity index (χ0n) is 16.2. The number of carboxylic acids is 1. The van der Waals surface area contributed by atoms with E-state index in [9.17, 15) is 14.7 Å². The summed E-state index contributed by atoms with van der Waals surface area (Å²) in [7, 11) is 0. The van der Waals surface area contributed by atoms with Gasteiger partial charge in [-0.3, -0.25) is 14.6 Å². The molecule has 2 rings (SSSR count). The van der Waals surface area contributed by atoms with Gasteiger partial charge in [0.2, 0.25) is 0 Å². The molecule has 1 heterocycles. The van der Waals surface area contributed by atoms with Crippen LogP contribution in [0, 0.1) is 5.41 Å². The molecule has 0 fully saturated rings. The Morgan fingerprint density at radius 2 is 2.00 bits per heavy atom. The molecule has 1 amide bonds. The van der Waals surface area contributed by atoms with Gasteiger partial charge in [-0.25, -0.2) is 0 Å². The molecule has 9 nitrogen and oxygen atoms in total. The molecule has 30 heavy (non-hydrogen) atoms. The SMILES string of the molecule is N=C/C(=C\NCCCNC1=NCCN1)C(=O)N[C@@H](CC(=O)O)c1cc(Cl)cc(Cl)c1. The van der Waals surface area contributed by atoms with Crippen LogP contribution in [0.25, 0.3) is 0 Å². The van der Waals surface area contributed by atoms with Gasteiger partial charge in [-0.2, -0.15) is 0 Å². The molecule has 0 unspecified atom stereocenters. The van der Waals surface area contributed by atoms with Crippen molar-refractivity contribution in [3.8, 4) is 0 Å². The molecule has 0 saturated carbocycles. The van der Waals surface area contributed by atoms with Gasteiger partial charge < -0.3 is 31.8 Å². The number of aliphatic carboxylic acids is 1. The molecule has 6 N–H and O–H groups in total. The van der Waals surface area contributed by atoms with Crippen molar-refractivity contribution in [2.75, 3.05) is 26.2 Å². The molecule has 0 spiro atoms. The standard InChI is InChI=1S/C19H24Cl2N6O3/c20-14-6-12(7-15(21)8-14)16(9-17(28)29)27-18(30)13(10-22)11-23-2-1-3-24-19-25-4-5-26-19/h6-8,10-11,16,22-23H,1-5,9H2,(H,27,30)(H,28,29)(H2,24,25,26)/b13-11+,22-10?/t16-/m0/s1. The van der Waals surface area contributed by atoms with Crippen LogP contribution in [0.5, 0.6) is 0 Å². The molecule has 162 valence electrons. The van der Waals surface area contributed by atoms with Gasteiger partial charge in [-0.15, -0.1) is 0 Å². The Morgan fingerprint density at radius 3 is 2.60 bits per heavy atom. The van der Waals surface area contributed by atoms with E-state index in [2.05, 4.69) is 26.3 Å². The number of halogens is 2. The van der Waals surface area contributed by atoms with Crippen molar-refractivity contribution >= 4 is 47.3 Å². The Labute approximate surface area is 184 Å². The molecule has 0 bridgehead atoms. The number of amides is 1. The van der Waals surface area contributed by atoms with Crippen LogP contribution in [0.1, 0.15) is 24.4 Å².